The Morgan fingerprint density at radius 2 is 1.94 bits per heavy atom. The van der Waals surface area contributed by atoms with E-state index >= 15 is 0 Å². The SMILES string of the molecule is CCCCCCN1CCC(c2c[nH]c3ccc(NC(=S)Nc4cc(I)ccc4Cl)cc23)CC1. The number of fused-ring (bicyclic) bond motifs is 1. The molecule has 2 aromatic carbocycles. The Labute approximate surface area is 221 Å². The highest BCUT2D eigenvalue weighted by Crippen LogP contribution is 2.34. The van der Waals surface area contributed by atoms with E-state index in [9.17, 15) is 0 Å². The Bertz CT molecular complexity index is 1090. The second-order valence-electron chi connectivity index (χ2n) is 8.88. The Balaban J connectivity index is 1.38. The first-order valence-corrected chi connectivity index (χ1v) is 13.8. The second kappa shape index (κ2) is 11.9. The van der Waals surface area contributed by atoms with Crippen molar-refractivity contribution in [3.05, 3.63) is 56.8 Å². The fourth-order valence-corrected chi connectivity index (χ4v) is 5.55. The van der Waals surface area contributed by atoms with E-state index in [0.717, 1.165) is 14.9 Å². The van der Waals surface area contributed by atoms with Crippen LogP contribution in [-0.2, 0) is 0 Å². The quantitative estimate of drug-likeness (QED) is 0.140. The minimum Gasteiger partial charge on any atom is -0.361 e. The summed E-state index contributed by atoms with van der Waals surface area (Å²) in [5.41, 5.74) is 4.40. The molecule has 0 bridgehead atoms. The van der Waals surface area contributed by atoms with Crippen LogP contribution in [0.25, 0.3) is 10.9 Å². The molecule has 1 aliphatic rings. The van der Waals surface area contributed by atoms with Gasteiger partial charge in [0.25, 0.3) is 0 Å². The Kier molecular flexibility index (Phi) is 8.91. The molecule has 0 saturated carbocycles. The highest BCUT2D eigenvalue weighted by Gasteiger charge is 2.22. The summed E-state index contributed by atoms with van der Waals surface area (Å²) < 4.78 is 1.10. The number of benzene rings is 2. The first kappa shape index (κ1) is 24.8. The summed E-state index contributed by atoms with van der Waals surface area (Å²) in [6, 6.07) is 12.2. The summed E-state index contributed by atoms with van der Waals surface area (Å²) >= 11 is 14.1. The highest BCUT2D eigenvalue weighted by atomic mass is 127. The van der Waals surface area contributed by atoms with Gasteiger partial charge in [0, 0.05) is 26.4 Å². The number of likely N-dealkylation sites (tertiary alicyclic amines) is 1. The molecule has 176 valence electrons. The van der Waals surface area contributed by atoms with Crippen molar-refractivity contribution in [3.8, 4) is 0 Å². The molecule has 0 aliphatic carbocycles. The van der Waals surface area contributed by atoms with Crippen LogP contribution < -0.4 is 10.6 Å². The van der Waals surface area contributed by atoms with Crippen LogP contribution >= 0.6 is 46.4 Å². The number of hydrogen-bond acceptors (Lipinski definition) is 2. The second-order valence-corrected chi connectivity index (χ2v) is 10.9. The minimum atomic E-state index is 0.534. The highest BCUT2D eigenvalue weighted by molar-refractivity contribution is 14.1. The molecule has 0 amide bonds. The summed E-state index contributed by atoms with van der Waals surface area (Å²) in [4.78, 5) is 6.12. The van der Waals surface area contributed by atoms with Gasteiger partial charge in [-0.05, 0) is 122 Å². The van der Waals surface area contributed by atoms with Crippen molar-refractivity contribution < 1.29 is 0 Å². The first-order chi connectivity index (χ1) is 16.0. The number of halogens is 2. The van der Waals surface area contributed by atoms with Crippen molar-refractivity contribution in [1.82, 2.24) is 9.88 Å². The zero-order chi connectivity index (χ0) is 23.2. The molecule has 1 fully saturated rings. The van der Waals surface area contributed by atoms with E-state index in [4.69, 9.17) is 23.8 Å². The van der Waals surface area contributed by atoms with Crippen LogP contribution in [0.15, 0.2) is 42.6 Å². The van der Waals surface area contributed by atoms with Gasteiger partial charge in [0.1, 0.15) is 0 Å². The number of aromatic nitrogens is 1. The van der Waals surface area contributed by atoms with Crippen molar-refractivity contribution in [3.63, 3.8) is 0 Å². The number of piperidine rings is 1. The number of nitrogens with one attached hydrogen (secondary N) is 3. The van der Waals surface area contributed by atoms with Gasteiger partial charge in [-0.15, -0.1) is 0 Å². The number of thiocarbonyl (C=S) groups is 1. The molecule has 33 heavy (non-hydrogen) atoms. The lowest BCUT2D eigenvalue weighted by Crippen LogP contribution is -2.33. The molecule has 2 heterocycles. The molecule has 1 saturated heterocycles. The van der Waals surface area contributed by atoms with Crippen LogP contribution in [0.3, 0.4) is 0 Å². The van der Waals surface area contributed by atoms with E-state index in [1.807, 2.05) is 18.2 Å². The maximum Gasteiger partial charge on any atom is 0.175 e. The number of hydrogen-bond donors (Lipinski definition) is 3. The zero-order valence-corrected chi connectivity index (χ0v) is 22.8. The van der Waals surface area contributed by atoms with Crippen molar-refractivity contribution >= 4 is 73.8 Å². The van der Waals surface area contributed by atoms with Gasteiger partial charge in [0.15, 0.2) is 5.11 Å². The van der Waals surface area contributed by atoms with Gasteiger partial charge in [-0.1, -0.05) is 37.8 Å². The third-order valence-corrected chi connectivity index (χ3v) is 7.71. The van der Waals surface area contributed by atoms with Crippen LogP contribution in [0.1, 0.15) is 56.9 Å². The molecule has 4 nitrogen and oxygen atoms in total. The summed E-state index contributed by atoms with van der Waals surface area (Å²) in [5, 5.41) is 9.02. The standard InChI is InChI=1S/C26H32ClIN4S/c1-2-3-4-5-12-32-13-10-18(11-14-32)22-17-29-24-9-7-20(16-21(22)24)30-26(33)31-25-15-19(28)6-8-23(25)27/h6-9,15-18,29H,2-5,10-14H2,1H3,(H2,30,31,33). The zero-order valence-electron chi connectivity index (χ0n) is 19.1. The van der Waals surface area contributed by atoms with Crippen LogP contribution in [0.4, 0.5) is 11.4 Å². The molecule has 0 spiro atoms. The van der Waals surface area contributed by atoms with E-state index in [2.05, 4.69) is 74.4 Å². The van der Waals surface area contributed by atoms with Crippen LogP contribution in [0.5, 0.6) is 0 Å². The fourth-order valence-electron chi connectivity index (χ4n) is 4.67. The van der Waals surface area contributed by atoms with Crippen molar-refractivity contribution in [2.24, 2.45) is 0 Å². The molecule has 0 atom stereocenters. The Hall–Kier alpha value is -1.35. The van der Waals surface area contributed by atoms with E-state index in [1.165, 1.54) is 74.6 Å². The maximum absolute atomic E-state index is 6.30. The smallest absolute Gasteiger partial charge is 0.175 e. The van der Waals surface area contributed by atoms with E-state index in [0.29, 0.717) is 16.1 Å². The Morgan fingerprint density at radius 1 is 1.12 bits per heavy atom. The van der Waals surface area contributed by atoms with Gasteiger partial charge in [-0.3, -0.25) is 0 Å². The van der Waals surface area contributed by atoms with Crippen molar-refractivity contribution in [2.75, 3.05) is 30.3 Å². The average Bonchev–Trinajstić information content (AvgIpc) is 3.23. The van der Waals surface area contributed by atoms with Crippen molar-refractivity contribution in [2.45, 2.75) is 51.4 Å². The van der Waals surface area contributed by atoms with E-state index in [1.54, 1.807) is 0 Å². The third-order valence-electron chi connectivity index (χ3n) is 6.50. The van der Waals surface area contributed by atoms with Crippen molar-refractivity contribution in [1.29, 1.82) is 0 Å². The average molecular weight is 595 g/mol. The summed E-state index contributed by atoms with van der Waals surface area (Å²) in [7, 11) is 0. The third kappa shape index (κ3) is 6.62. The topological polar surface area (TPSA) is 43.1 Å². The van der Waals surface area contributed by atoms with Gasteiger partial charge in [0.2, 0.25) is 0 Å². The lowest BCUT2D eigenvalue weighted by molar-refractivity contribution is 0.209. The van der Waals surface area contributed by atoms with Gasteiger partial charge >= 0.3 is 0 Å². The lowest BCUT2D eigenvalue weighted by Gasteiger charge is -2.32. The van der Waals surface area contributed by atoms with Crippen LogP contribution in [-0.4, -0.2) is 34.6 Å². The number of nitrogens with zero attached hydrogens (tertiary/aromatic N) is 1. The fraction of sp³-hybridized carbons (Fsp3) is 0.423. The minimum absolute atomic E-state index is 0.534. The van der Waals surface area contributed by atoms with Crippen LogP contribution in [0, 0.1) is 3.57 Å². The van der Waals surface area contributed by atoms with Gasteiger partial charge in [-0.2, -0.15) is 0 Å². The maximum atomic E-state index is 6.30. The number of aromatic amines is 1. The molecule has 3 aromatic rings. The summed E-state index contributed by atoms with van der Waals surface area (Å²) in [6.45, 7) is 5.93. The van der Waals surface area contributed by atoms with Gasteiger partial charge < -0.3 is 20.5 Å². The number of anilines is 2. The first-order valence-electron chi connectivity index (χ1n) is 11.9. The molecule has 0 unspecified atom stereocenters. The molecular formula is C26H32ClIN4S. The lowest BCUT2D eigenvalue weighted by atomic mass is 9.89. The number of rotatable bonds is 8. The van der Waals surface area contributed by atoms with Gasteiger partial charge in [0.05, 0.1) is 10.7 Å². The molecule has 4 rings (SSSR count). The molecule has 3 N–H and O–H groups in total. The monoisotopic (exact) mass is 594 g/mol. The normalized spacial score (nSPS) is 15.1. The molecule has 1 aromatic heterocycles. The molecule has 0 radical (unpaired) electrons. The number of unbranched alkanes of at least 4 members (excludes halogenated alkanes) is 3. The molecule has 7 heteroatoms. The summed E-state index contributed by atoms with van der Waals surface area (Å²) in [6.07, 6.45) is 10.0. The molecule has 1 aliphatic heterocycles. The Morgan fingerprint density at radius 3 is 2.73 bits per heavy atom. The molecular weight excluding hydrogens is 563 g/mol. The summed E-state index contributed by atoms with van der Waals surface area (Å²) in [5.74, 6) is 0.608. The largest absolute Gasteiger partial charge is 0.361 e. The number of H-pyrrole nitrogens is 1. The van der Waals surface area contributed by atoms with Gasteiger partial charge in [-0.25, -0.2) is 0 Å². The van der Waals surface area contributed by atoms with E-state index < -0.39 is 0 Å². The predicted molar refractivity (Wildman–Crippen MR) is 155 cm³/mol. The predicted octanol–water partition coefficient (Wildman–Crippen LogP) is 7.99. The van der Waals surface area contributed by atoms with Crippen LogP contribution in [0.2, 0.25) is 5.02 Å². The van der Waals surface area contributed by atoms with E-state index in [-0.39, 0.29) is 0 Å².